The topological polar surface area (TPSA) is 86.8 Å². The van der Waals surface area contributed by atoms with E-state index in [9.17, 15) is 18.0 Å². The van der Waals surface area contributed by atoms with Crippen LogP contribution in [0, 0.1) is 6.92 Å². The Bertz CT molecular complexity index is 1150. The van der Waals surface area contributed by atoms with Crippen molar-refractivity contribution in [3.8, 4) is 0 Å². The van der Waals surface area contributed by atoms with Crippen LogP contribution >= 0.6 is 15.9 Å². The Morgan fingerprint density at radius 3 is 2.40 bits per heavy atom. The van der Waals surface area contributed by atoms with E-state index in [-0.39, 0.29) is 18.5 Å². The number of rotatable bonds is 9. The molecule has 0 spiro atoms. The highest BCUT2D eigenvalue weighted by Crippen LogP contribution is 2.23. The first kappa shape index (κ1) is 27.2. The van der Waals surface area contributed by atoms with Gasteiger partial charge >= 0.3 is 0 Å². The molecule has 0 heterocycles. The summed E-state index contributed by atoms with van der Waals surface area (Å²) in [5, 5.41) is 3.11. The molecule has 1 aliphatic carbocycles. The molecule has 1 N–H and O–H groups in total. The summed E-state index contributed by atoms with van der Waals surface area (Å²) in [5.74, 6) is -0.655. The number of nitrogens with zero attached hydrogens (tertiary/aromatic N) is 2. The molecule has 2 amide bonds. The van der Waals surface area contributed by atoms with Gasteiger partial charge in [-0.2, -0.15) is 0 Å². The second-order valence-corrected chi connectivity index (χ2v) is 12.0. The molecule has 1 atom stereocenters. The fourth-order valence-corrected chi connectivity index (χ4v) is 5.60. The van der Waals surface area contributed by atoms with Gasteiger partial charge in [-0.25, -0.2) is 8.42 Å². The van der Waals surface area contributed by atoms with E-state index >= 15 is 0 Å². The number of aryl methyl sites for hydroxylation is 1. The minimum Gasteiger partial charge on any atom is -0.352 e. The first-order valence-corrected chi connectivity index (χ1v) is 14.6. The molecule has 1 aliphatic rings. The van der Waals surface area contributed by atoms with Crippen molar-refractivity contribution in [1.82, 2.24) is 10.2 Å². The first-order valence-electron chi connectivity index (χ1n) is 11.9. The maximum absolute atomic E-state index is 13.6. The van der Waals surface area contributed by atoms with Crippen molar-refractivity contribution in [3.05, 3.63) is 64.1 Å². The standard InChI is InChI=1S/C26H34BrN3O4S/c1-19-10-7-8-11-21(19)17-29(20(2)26(32)28-23-13-5-4-6-14-23)25(31)18-30(35(3,33)34)24-15-9-12-22(27)16-24/h7-12,15-16,20,23H,4-6,13-14,17-18H2,1-3H3,(H,28,32)/t20-/m0/s1. The summed E-state index contributed by atoms with van der Waals surface area (Å²) >= 11 is 3.36. The zero-order valence-electron chi connectivity index (χ0n) is 20.5. The summed E-state index contributed by atoms with van der Waals surface area (Å²) in [6.07, 6.45) is 6.30. The molecule has 0 unspecified atom stereocenters. The van der Waals surface area contributed by atoms with E-state index in [0.29, 0.717) is 10.2 Å². The summed E-state index contributed by atoms with van der Waals surface area (Å²) in [7, 11) is -3.75. The first-order chi connectivity index (χ1) is 16.6. The molecule has 9 heteroatoms. The lowest BCUT2D eigenvalue weighted by Crippen LogP contribution is -2.53. The lowest BCUT2D eigenvalue weighted by Gasteiger charge is -2.33. The molecule has 1 fully saturated rings. The Kier molecular flexibility index (Phi) is 9.35. The van der Waals surface area contributed by atoms with Gasteiger partial charge in [0.25, 0.3) is 0 Å². The number of sulfonamides is 1. The number of benzene rings is 2. The van der Waals surface area contributed by atoms with Crippen molar-refractivity contribution in [1.29, 1.82) is 0 Å². The van der Waals surface area contributed by atoms with Crippen LogP contribution in [0.4, 0.5) is 5.69 Å². The molecule has 0 radical (unpaired) electrons. The van der Waals surface area contributed by atoms with Crippen LogP contribution in [0.5, 0.6) is 0 Å². The summed E-state index contributed by atoms with van der Waals surface area (Å²) in [6.45, 7) is 3.47. The molecule has 2 aromatic rings. The second kappa shape index (κ2) is 12.0. The Morgan fingerprint density at radius 2 is 1.77 bits per heavy atom. The SMILES string of the molecule is Cc1ccccc1CN(C(=O)CN(c1cccc(Br)c1)S(C)(=O)=O)[C@@H](C)C(=O)NC1CCCCC1. The molecule has 35 heavy (non-hydrogen) atoms. The highest BCUT2D eigenvalue weighted by molar-refractivity contribution is 9.10. The van der Waals surface area contributed by atoms with Crippen LogP contribution in [0.2, 0.25) is 0 Å². The normalized spacial score (nSPS) is 15.3. The molecular weight excluding hydrogens is 530 g/mol. The number of carbonyl (C=O) groups excluding carboxylic acids is 2. The quantitative estimate of drug-likeness (QED) is 0.490. The Morgan fingerprint density at radius 1 is 1.09 bits per heavy atom. The fourth-order valence-electron chi connectivity index (χ4n) is 4.37. The van der Waals surface area contributed by atoms with Gasteiger partial charge in [0.15, 0.2) is 0 Å². The molecule has 0 saturated heterocycles. The van der Waals surface area contributed by atoms with Crippen molar-refractivity contribution >= 4 is 43.5 Å². The van der Waals surface area contributed by atoms with E-state index in [1.165, 1.54) is 11.3 Å². The molecule has 2 aromatic carbocycles. The van der Waals surface area contributed by atoms with E-state index in [0.717, 1.165) is 47.4 Å². The highest BCUT2D eigenvalue weighted by Gasteiger charge is 2.31. The van der Waals surface area contributed by atoms with Gasteiger partial charge in [0.2, 0.25) is 21.8 Å². The lowest BCUT2D eigenvalue weighted by atomic mass is 9.95. The number of carbonyl (C=O) groups is 2. The predicted octanol–water partition coefficient (Wildman–Crippen LogP) is 4.39. The zero-order chi connectivity index (χ0) is 25.6. The maximum atomic E-state index is 13.6. The summed E-state index contributed by atoms with van der Waals surface area (Å²) in [5.41, 5.74) is 2.29. The van der Waals surface area contributed by atoms with Crippen molar-refractivity contribution in [2.24, 2.45) is 0 Å². The third kappa shape index (κ3) is 7.54. The second-order valence-electron chi connectivity index (χ2n) is 9.22. The Labute approximate surface area is 217 Å². The molecule has 0 aromatic heterocycles. The van der Waals surface area contributed by atoms with Gasteiger partial charge in [-0.1, -0.05) is 65.5 Å². The van der Waals surface area contributed by atoms with E-state index in [4.69, 9.17) is 0 Å². The van der Waals surface area contributed by atoms with Crippen LogP contribution in [0.1, 0.15) is 50.2 Å². The van der Waals surface area contributed by atoms with Crippen molar-refractivity contribution in [2.75, 3.05) is 17.1 Å². The minimum atomic E-state index is -3.75. The number of halogens is 1. The summed E-state index contributed by atoms with van der Waals surface area (Å²) in [4.78, 5) is 28.3. The van der Waals surface area contributed by atoms with Crippen LogP contribution in [-0.4, -0.2) is 50.0 Å². The van der Waals surface area contributed by atoms with Crippen LogP contribution in [-0.2, 0) is 26.2 Å². The molecular formula is C26H34BrN3O4S. The third-order valence-electron chi connectivity index (χ3n) is 6.50. The van der Waals surface area contributed by atoms with E-state index < -0.39 is 28.5 Å². The average molecular weight is 565 g/mol. The number of anilines is 1. The van der Waals surface area contributed by atoms with E-state index in [2.05, 4.69) is 21.2 Å². The Hall–Kier alpha value is -2.39. The van der Waals surface area contributed by atoms with Crippen LogP contribution in [0.25, 0.3) is 0 Å². The minimum absolute atomic E-state index is 0.114. The van der Waals surface area contributed by atoms with Crippen molar-refractivity contribution in [2.45, 2.75) is 64.6 Å². The maximum Gasteiger partial charge on any atom is 0.244 e. The number of amides is 2. The van der Waals surface area contributed by atoms with Gasteiger partial charge in [0.05, 0.1) is 11.9 Å². The average Bonchev–Trinajstić information content (AvgIpc) is 2.81. The molecule has 190 valence electrons. The van der Waals surface area contributed by atoms with Gasteiger partial charge in [0.1, 0.15) is 12.6 Å². The molecule has 1 saturated carbocycles. The monoisotopic (exact) mass is 563 g/mol. The molecule has 3 rings (SSSR count). The molecule has 0 bridgehead atoms. The summed E-state index contributed by atoms with van der Waals surface area (Å²) in [6, 6.07) is 13.8. The number of hydrogen-bond donors (Lipinski definition) is 1. The molecule has 7 nitrogen and oxygen atoms in total. The van der Waals surface area contributed by atoms with Crippen LogP contribution in [0.15, 0.2) is 53.0 Å². The summed E-state index contributed by atoms with van der Waals surface area (Å²) < 4.78 is 27.1. The van der Waals surface area contributed by atoms with Gasteiger partial charge in [-0.15, -0.1) is 0 Å². The van der Waals surface area contributed by atoms with Crippen molar-refractivity contribution in [3.63, 3.8) is 0 Å². The van der Waals surface area contributed by atoms with Gasteiger partial charge < -0.3 is 10.2 Å². The van der Waals surface area contributed by atoms with Crippen LogP contribution in [0.3, 0.4) is 0 Å². The number of hydrogen-bond acceptors (Lipinski definition) is 4. The zero-order valence-corrected chi connectivity index (χ0v) is 22.9. The fraction of sp³-hybridized carbons (Fsp3) is 0.462. The third-order valence-corrected chi connectivity index (χ3v) is 8.13. The highest BCUT2D eigenvalue weighted by atomic mass is 79.9. The van der Waals surface area contributed by atoms with Gasteiger partial charge in [-0.05, 0) is 56.0 Å². The van der Waals surface area contributed by atoms with E-state index in [1.54, 1.807) is 31.2 Å². The number of nitrogens with one attached hydrogen (secondary N) is 1. The predicted molar refractivity (Wildman–Crippen MR) is 143 cm³/mol. The largest absolute Gasteiger partial charge is 0.352 e. The lowest BCUT2D eigenvalue weighted by molar-refractivity contribution is -0.139. The van der Waals surface area contributed by atoms with E-state index in [1.807, 2.05) is 31.2 Å². The van der Waals surface area contributed by atoms with Crippen molar-refractivity contribution < 1.29 is 18.0 Å². The molecule has 0 aliphatic heterocycles. The smallest absolute Gasteiger partial charge is 0.244 e. The van der Waals surface area contributed by atoms with Crippen LogP contribution < -0.4 is 9.62 Å². The van der Waals surface area contributed by atoms with Gasteiger partial charge in [-0.3, -0.25) is 13.9 Å². The van der Waals surface area contributed by atoms with Gasteiger partial charge in [0, 0.05) is 17.1 Å². The Balaban J connectivity index is 1.88.